The molecule has 0 atom stereocenters. The number of rotatable bonds is 5. The average Bonchev–Trinajstić information content (AvgIpc) is 2.46. The Balaban J connectivity index is 2.00. The standard InChI is InChI=1S/C13H19N3O3S/c14-13(17)11-1-3-12(4-2-11)20(18,19)16-9-10-5-7-15-8-6-10/h1-4,10,15-16H,5-9H2,(H2,14,17). The number of amides is 1. The Bertz CT molecular complexity index is 563. The molecular weight excluding hydrogens is 278 g/mol. The van der Waals surface area contributed by atoms with Crippen LogP contribution in [-0.4, -0.2) is 34.0 Å². The van der Waals surface area contributed by atoms with Crippen LogP contribution >= 0.6 is 0 Å². The third-order valence-electron chi connectivity index (χ3n) is 3.47. The second kappa shape index (κ2) is 6.34. The molecule has 0 aliphatic carbocycles. The van der Waals surface area contributed by atoms with Crippen molar-refractivity contribution in [2.45, 2.75) is 17.7 Å². The van der Waals surface area contributed by atoms with E-state index in [1.807, 2.05) is 0 Å². The summed E-state index contributed by atoms with van der Waals surface area (Å²) in [5.74, 6) is -0.201. The summed E-state index contributed by atoms with van der Waals surface area (Å²) in [5.41, 5.74) is 5.41. The highest BCUT2D eigenvalue weighted by Crippen LogP contribution is 2.14. The number of hydrogen-bond donors (Lipinski definition) is 3. The van der Waals surface area contributed by atoms with E-state index in [1.165, 1.54) is 24.3 Å². The molecule has 1 aliphatic rings. The summed E-state index contributed by atoms with van der Waals surface area (Å²) in [6.45, 7) is 2.31. The maximum atomic E-state index is 12.1. The lowest BCUT2D eigenvalue weighted by Crippen LogP contribution is -2.35. The summed E-state index contributed by atoms with van der Waals surface area (Å²) in [6, 6.07) is 5.62. The van der Waals surface area contributed by atoms with Crippen LogP contribution in [0.15, 0.2) is 29.2 Å². The van der Waals surface area contributed by atoms with Gasteiger partial charge in [0, 0.05) is 12.1 Å². The topological polar surface area (TPSA) is 101 Å². The Morgan fingerprint density at radius 1 is 1.25 bits per heavy atom. The Morgan fingerprint density at radius 3 is 2.40 bits per heavy atom. The van der Waals surface area contributed by atoms with Gasteiger partial charge in [0.05, 0.1) is 4.90 Å². The summed E-state index contributed by atoms with van der Waals surface area (Å²) in [4.78, 5) is 11.1. The van der Waals surface area contributed by atoms with Crippen molar-refractivity contribution in [3.63, 3.8) is 0 Å². The number of primary amides is 1. The zero-order valence-corrected chi connectivity index (χ0v) is 11.9. The highest BCUT2D eigenvalue weighted by Gasteiger charge is 2.18. The summed E-state index contributed by atoms with van der Waals surface area (Å²) >= 11 is 0. The zero-order chi connectivity index (χ0) is 14.6. The van der Waals surface area contributed by atoms with Gasteiger partial charge >= 0.3 is 0 Å². The van der Waals surface area contributed by atoms with E-state index in [0.29, 0.717) is 18.0 Å². The first-order chi connectivity index (χ1) is 9.49. The Labute approximate surface area is 118 Å². The lowest BCUT2D eigenvalue weighted by molar-refractivity contribution is 0.1000. The van der Waals surface area contributed by atoms with E-state index in [2.05, 4.69) is 10.0 Å². The minimum Gasteiger partial charge on any atom is -0.366 e. The van der Waals surface area contributed by atoms with E-state index in [4.69, 9.17) is 5.73 Å². The molecule has 0 radical (unpaired) electrons. The quantitative estimate of drug-likeness (QED) is 0.715. The van der Waals surface area contributed by atoms with Gasteiger partial charge in [-0.2, -0.15) is 0 Å². The number of nitrogens with one attached hydrogen (secondary N) is 2. The van der Waals surface area contributed by atoms with Crippen molar-refractivity contribution in [3.8, 4) is 0 Å². The Kier molecular flexibility index (Phi) is 4.74. The number of hydrogen-bond acceptors (Lipinski definition) is 4. The molecule has 7 heteroatoms. The van der Waals surface area contributed by atoms with E-state index in [-0.39, 0.29) is 4.90 Å². The molecule has 1 saturated heterocycles. The molecule has 1 fully saturated rings. The van der Waals surface area contributed by atoms with Gasteiger partial charge in [0.1, 0.15) is 0 Å². The first-order valence-electron chi connectivity index (χ1n) is 6.59. The largest absolute Gasteiger partial charge is 0.366 e. The molecule has 6 nitrogen and oxygen atoms in total. The highest BCUT2D eigenvalue weighted by molar-refractivity contribution is 7.89. The number of benzene rings is 1. The fraction of sp³-hybridized carbons (Fsp3) is 0.462. The molecule has 1 amide bonds. The summed E-state index contributed by atoms with van der Waals surface area (Å²) in [5, 5.41) is 3.24. The number of carbonyl (C=O) groups excluding carboxylic acids is 1. The molecule has 0 spiro atoms. The number of sulfonamides is 1. The van der Waals surface area contributed by atoms with E-state index in [1.54, 1.807) is 0 Å². The first-order valence-corrected chi connectivity index (χ1v) is 8.07. The Morgan fingerprint density at radius 2 is 1.85 bits per heavy atom. The molecular formula is C13H19N3O3S. The lowest BCUT2D eigenvalue weighted by atomic mass is 9.99. The van der Waals surface area contributed by atoms with Gasteiger partial charge in [-0.05, 0) is 56.1 Å². The molecule has 0 saturated carbocycles. The van der Waals surface area contributed by atoms with Gasteiger partial charge in [-0.3, -0.25) is 4.79 Å². The number of nitrogens with two attached hydrogens (primary N) is 1. The molecule has 20 heavy (non-hydrogen) atoms. The van der Waals surface area contributed by atoms with Gasteiger partial charge in [0.2, 0.25) is 15.9 Å². The van der Waals surface area contributed by atoms with E-state index in [0.717, 1.165) is 25.9 Å². The predicted molar refractivity (Wildman–Crippen MR) is 75.7 cm³/mol. The molecule has 0 unspecified atom stereocenters. The van der Waals surface area contributed by atoms with Crippen molar-refractivity contribution in [1.29, 1.82) is 0 Å². The SMILES string of the molecule is NC(=O)c1ccc(S(=O)(=O)NCC2CCNCC2)cc1. The van der Waals surface area contributed by atoms with E-state index in [9.17, 15) is 13.2 Å². The van der Waals surface area contributed by atoms with Crippen molar-refractivity contribution < 1.29 is 13.2 Å². The number of carbonyl (C=O) groups is 1. The van der Waals surface area contributed by atoms with Crippen molar-refractivity contribution in [2.24, 2.45) is 11.7 Å². The maximum absolute atomic E-state index is 12.1. The third kappa shape index (κ3) is 3.78. The van der Waals surface area contributed by atoms with E-state index < -0.39 is 15.9 Å². The maximum Gasteiger partial charge on any atom is 0.248 e. The third-order valence-corrected chi connectivity index (χ3v) is 4.91. The summed E-state index contributed by atoms with van der Waals surface area (Å²) in [7, 11) is -3.52. The second-order valence-corrected chi connectivity index (χ2v) is 6.70. The molecule has 2 rings (SSSR count). The normalized spacial score (nSPS) is 17.0. The predicted octanol–water partition coefficient (Wildman–Crippen LogP) is 0.0634. The van der Waals surface area contributed by atoms with Crippen LogP contribution in [0, 0.1) is 5.92 Å². The minimum atomic E-state index is -3.52. The van der Waals surface area contributed by atoms with Crippen molar-refractivity contribution in [2.75, 3.05) is 19.6 Å². The van der Waals surface area contributed by atoms with Crippen LogP contribution in [0.5, 0.6) is 0 Å². The molecule has 1 aliphatic heterocycles. The van der Waals surface area contributed by atoms with Gasteiger partial charge in [-0.25, -0.2) is 13.1 Å². The average molecular weight is 297 g/mol. The van der Waals surface area contributed by atoms with Crippen LogP contribution in [0.4, 0.5) is 0 Å². The van der Waals surface area contributed by atoms with Crippen LogP contribution in [0.25, 0.3) is 0 Å². The van der Waals surface area contributed by atoms with Crippen molar-refractivity contribution >= 4 is 15.9 Å². The molecule has 110 valence electrons. The van der Waals surface area contributed by atoms with E-state index >= 15 is 0 Å². The van der Waals surface area contributed by atoms with Crippen LogP contribution in [-0.2, 0) is 10.0 Å². The number of piperidine rings is 1. The second-order valence-electron chi connectivity index (χ2n) is 4.93. The molecule has 1 heterocycles. The molecule has 0 bridgehead atoms. The minimum absolute atomic E-state index is 0.149. The van der Waals surface area contributed by atoms with Crippen LogP contribution < -0.4 is 15.8 Å². The lowest BCUT2D eigenvalue weighted by Gasteiger charge is -2.22. The van der Waals surface area contributed by atoms with Gasteiger partial charge < -0.3 is 11.1 Å². The monoisotopic (exact) mass is 297 g/mol. The van der Waals surface area contributed by atoms with Crippen LogP contribution in [0.1, 0.15) is 23.2 Å². The fourth-order valence-electron chi connectivity index (χ4n) is 2.20. The van der Waals surface area contributed by atoms with Gasteiger partial charge in [-0.1, -0.05) is 0 Å². The van der Waals surface area contributed by atoms with Crippen molar-refractivity contribution in [1.82, 2.24) is 10.0 Å². The molecule has 1 aromatic carbocycles. The zero-order valence-electron chi connectivity index (χ0n) is 11.1. The first kappa shape index (κ1) is 15.0. The molecule has 0 aromatic heterocycles. The fourth-order valence-corrected chi connectivity index (χ4v) is 3.31. The molecule has 4 N–H and O–H groups in total. The van der Waals surface area contributed by atoms with Crippen molar-refractivity contribution in [3.05, 3.63) is 29.8 Å². The Hall–Kier alpha value is -1.44. The smallest absolute Gasteiger partial charge is 0.248 e. The summed E-state index contributed by atoms with van der Waals surface area (Å²) in [6.07, 6.45) is 1.95. The summed E-state index contributed by atoms with van der Waals surface area (Å²) < 4.78 is 26.8. The van der Waals surface area contributed by atoms with Gasteiger partial charge in [0.25, 0.3) is 0 Å². The highest BCUT2D eigenvalue weighted by atomic mass is 32.2. The van der Waals surface area contributed by atoms with Crippen LogP contribution in [0.2, 0.25) is 0 Å². The van der Waals surface area contributed by atoms with Crippen LogP contribution in [0.3, 0.4) is 0 Å². The van der Waals surface area contributed by atoms with Gasteiger partial charge in [-0.15, -0.1) is 0 Å². The molecule has 1 aromatic rings. The van der Waals surface area contributed by atoms with Gasteiger partial charge in [0.15, 0.2) is 0 Å².